The molecule has 4 fully saturated rings. The summed E-state index contributed by atoms with van der Waals surface area (Å²) in [5.74, 6) is -1.69. The fourth-order valence-corrected chi connectivity index (χ4v) is 6.84. The monoisotopic (exact) mass is 658 g/mol. The lowest BCUT2D eigenvalue weighted by Crippen LogP contribution is -2.62. The van der Waals surface area contributed by atoms with E-state index in [-0.39, 0.29) is 26.3 Å². The van der Waals surface area contributed by atoms with Gasteiger partial charge in [-0.2, -0.15) is 0 Å². The summed E-state index contributed by atoms with van der Waals surface area (Å²) >= 11 is 2.43. The number of nitrogens with zero attached hydrogens (tertiary/aromatic N) is 2. The summed E-state index contributed by atoms with van der Waals surface area (Å²) in [6.45, 7) is 2.02. The van der Waals surface area contributed by atoms with Crippen molar-refractivity contribution in [3.63, 3.8) is 0 Å². The maximum Gasteiger partial charge on any atom is 0.303 e. The molecule has 0 unspecified atom stereocenters. The first kappa shape index (κ1) is 35.2. The largest absolute Gasteiger partial charge is 0.463 e. The van der Waals surface area contributed by atoms with Gasteiger partial charge in [0, 0.05) is 20.8 Å². The second-order valence-corrected chi connectivity index (χ2v) is 11.7. The number of carbonyl (C=O) groups is 3. The number of halogens is 2. The molecule has 0 saturated carbocycles. The Labute approximate surface area is 254 Å². The molecule has 43 heavy (non-hydrogen) atoms. The van der Waals surface area contributed by atoms with E-state index in [4.69, 9.17) is 28.8 Å². The maximum atomic E-state index is 12.4. The van der Waals surface area contributed by atoms with Gasteiger partial charge in [-0.15, -0.1) is 0 Å². The zero-order chi connectivity index (χ0) is 31.7. The molecular weight excluding hydrogens is 622 g/mol. The van der Waals surface area contributed by atoms with Gasteiger partial charge in [0.15, 0.2) is 22.5 Å². The molecule has 0 aromatic rings. The molecule has 4 heterocycles. The minimum atomic E-state index is -1.14. The molecule has 0 bridgehead atoms. The van der Waals surface area contributed by atoms with Crippen LogP contribution in [-0.4, -0.2) is 143 Å². The molecule has 0 spiro atoms. The standard InChI is InChI=1S/C15H21FN2O7S.C9H15FN2O4S/c1-7(19)22-6-10-12(23-8(2)20)13(24-9(3)21)11-14(25-10)26-15(18-11)17-5-4-16;10-1-2-11-9-12-5-7(15)6(14)4(3-13)16-8(5)17-9/h10-14H,4-6H2,1-3H3,(H,17,18);4-8,13-15H,1-3H2,(H,11,12)/t10-,11-,12-,13-,14-;4-,5-,6-,7-,8-/m11/s1. The van der Waals surface area contributed by atoms with Crippen LogP contribution >= 0.6 is 23.5 Å². The van der Waals surface area contributed by atoms with E-state index >= 15 is 0 Å². The Kier molecular flexibility index (Phi) is 13.7. The molecule has 244 valence electrons. The van der Waals surface area contributed by atoms with Gasteiger partial charge in [0.25, 0.3) is 0 Å². The predicted octanol–water partition coefficient (Wildman–Crippen LogP) is -1.38. The summed E-state index contributed by atoms with van der Waals surface area (Å²) in [7, 11) is 0. The van der Waals surface area contributed by atoms with E-state index in [1.807, 2.05) is 0 Å². The van der Waals surface area contributed by atoms with Crippen LogP contribution < -0.4 is 10.6 Å². The average Bonchev–Trinajstić information content (AvgIpc) is 3.56. The normalized spacial score (nSPS) is 36.4. The van der Waals surface area contributed by atoms with E-state index in [0.29, 0.717) is 10.3 Å². The van der Waals surface area contributed by atoms with Crippen molar-refractivity contribution in [2.75, 3.05) is 39.7 Å². The van der Waals surface area contributed by atoms with Crippen molar-refractivity contribution in [1.29, 1.82) is 0 Å². The molecular formula is C24H36F2N4O11S2. The van der Waals surface area contributed by atoms with E-state index in [9.17, 15) is 33.4 Å². The summed E-state index contributed by atoms with van der Waals surface area (Å²) in [5, 5.41) is 35.3. The molecule has 0 amide bonds. The topological polar surface area (TPSA) is 207 Å². The number of thioether (sulfide) groups is 2. The Hall–Kier alpha value is -2.29. The van der Waals surface area contributed by atoms with Crippen molar-refractivity contribution >= 4 is 51.8 Å². The Morgan fingerprint density at radius 2 is 1.33 bits per heavy atom. The molecule has 4 aliphatic heterocycles. The van der Waals surface area contributed by atoms with Gasteiger partial charge in [0.2, 0.25) is 0 Å². The van der Waals surface area contributed by atoms with Crippen LogP contribution in [0.4, 0.5) is 8.78 Å². The number of hydrogen-bond donors (Lipinski definition) is 5. The molecule has 0 aliphatic carbocycles. The summed E-state index contributed by atoms with van der Waals surface area (Å²) in [4.78, 5) is 42.2. The third-order valence-corrected chi connectivity index (χ3v) is 8.51. The van der Waals surface area contributed by atoms with Crippen molar-refractivity contribution in [3.8, 4) is 0 Å². The van der Waals surface area contributed by atoms with Crippen molar-refractivity contribution < 1.29 is 62.2 Å². The highest BCUT2D eigenvalue weighted by molar-refractivity contribution is 8.14. The Morgan fingerprint density at radius 3 is 1.84 bits per heavy atom. The van der Waals surface area contributed by atoms with Gasteiger partial charge in [-0.05, 0) is 0 Å². The maximum absolute atomic E-state index is 12.4. The highest BCUT2D eigenvalue weighted by Crippen LogP contribution is 2.37. The molecule has 10 atom stereocenters. The molecule has 4 saturated heterocycles. The minimum Gasteiger partial charge on any atom is -0.463 e. The van der Waals surface area contributed by atoms with Gasteiger partial charge < -0.3 is 49.6 Å². The average molecular weight is 659 g/mol. The van der Waals surface area contributed by atoms with Crippen LogP contribution in [-0.2, 0) is 38.1 Å². The number of aliphatic hydroxyl groups is 3. The number of carbonyl (C=O) groups excluding carboxylic acids is 3. The number of rotatable bonds is 9. The van der Waals surface area contributed by atoms with Crippen molar-refractivity contribution in [3.05, 3.63) is 0 Å². The lowest BCUT2D eigenvalue weighted by Gasteiger charge is -2.41. The zero-order valence-electron chi connectivity index (χ0n) is 23.6. The van der Waals surface area contributed by atoms with Gasteiger partial charge in [-0.3, -0.25) is 24.4 Å². The first-order valence-electron chi connectivity index (χ1n) is 13.3. The van der Waals surface area contributed by atoms with Crippen molar-refractivity contribution in [2.45, 2.75) is 80.4 Å². The fourth-order valence-electron chi connectivity index (χ4n) is 4.52. The fraction of sp³-hybridized carbons (Fsp3) is 0.792. The van der Waals surface area contributed by atoms with Gasteiger partial charge >= 0.3 is 17.9 Å². The number of esters is 3. The molecule has 4 rings (SSSR count). The smallest absolute Gasteiger partial charge is 0.303 e. The molecule has 15 nitrogen and oxygen atoms in total. The molecule has 5 N–H and O–H groups in total. The Balaban J connectivity index is 0.000000257. The first-order chi connectivity index (χ1) is 20.5. The van der Waals surface area contributed by atoms with Gasteiger partial charge in [-0.1, -0.05) is 23.5 Å². The zero-order valence-corrected chi connectivity index (χ0v) is 25.2. The quantitative estimate of drug-likeness (QED) is 0.143. The number of amidine groups is 2. The summed E-state index contributed by atoms with van der Waals surface area (Å²) < 4.78 is 51.3. The number of aliphatic imine (C=N–C) groups is 2. The van der Waals surface area contributed by atoms with Crippen LogP contribution in [0.1, 0.15) is 20.8 Å². The van der Waals surface area contributed by atoms with Crippen LogP contribution in [0.15, 0.2) is 9.98 Å². The van der Waals surface area contributed by atoms with Gasteiger partial charge in [-0.25, -0.2) is 8.78 Å². The van der Waals surface area contributed by atoms with E-state index in [1.54, 1.807) is 0 Å². The minimum absolute atomic E-state index is 0.0166. The summed E-state index contributed by atoms with van der Waals surface area (Å²) in [5.41, 5.74) is -0.964. The summed E-state index contributed by atoms with van der Waals surface area (Å²) in [6.07, 6.45) is -5.69. The molecule has 19 heteroatoms. The molecule has 4 aliphatic rings. The highest BCUT2D eigenvalue weighted by atomic mass is 32.2. The number of nitrogens with one attached hydrogen (secondary N) is 2. The van der Waals surface area contributed by atoms with E-state index in [1.165, 1.54) is 44.3 Å². The molecule has 0 aromatic heterocycles. The Bertz CT molecular complexity index is 1050. The molecule has 0 aromatic carbocycles. The number of fused-ring (bicyclic) bond motifs is 2. The predicted molar refractivity (Wildman–Crippen MR) is 150 cm³/mol. The van der Waals surface area contributed by atoms with Crippen LogP contribution in [0, 0.1) is 0 Å². The van der Waals surface area contributed by atoms with Crippen LogP contribution in [0.3, 0.4) is 0 Å². The van der Waals surface area contributed by atoms with Gasteiger partial charge in [0.1, 0.15) is 61.3 Å². The van der Waals surface area contributed by atoms with Crippen LogP contribution in [0.2, 0.25) is 0 Å². The van der Waals surface area contributed by atoms with E-state index in [2.05, 4.69) is 20.6 Å². The second kappa shape index (κ2) is 16.7. The van der Waals surface area contributed by atoms with Crippen LogP contribution in [0.25, 0.3) is 0 Å². The number of hydrogen-bond acceptors (Lipinski definition) is 15. The molecule has 0 radical (unpaired) electrons. The second-order valence-electron chi connectivity index (χ2n) is 9.53. The number of ether oxygens (including phenoxy) is 5. The number of alkyl halides is 2. The van der Waals surface area contributed by atoms with Crippen molar-refractivity contribution in [1.82, 2.24) is 10.6 Å². The Morgan fingerprint density at radius 1 is 0.814 bits per heavy atom. The number of aliphatic hydroxyl groups excluding tert-OH is 3. The SMILES string of the molecule is CC(=O)OC[C@H]1O[C@@H]2SC(=NCCF)N[C@@H]2[C@@H](OC(C)=O)[C@@H]1OC(C)=O.OC[C@H]1O[C@@H]2SC(=NCCF)N[C@@H]2[C@@H](O)[C@@H]1O. The van der Waals surface area contributed by atoms with Crippen molar-refractivity contribution in [2.24, 2.45) is 9.98 Å². The highest BCUT2D eigenvalue weighted by Gasteiger charge is 2.54. The van der Waals surface area contributed by atoms with E-state index in [0.717, 1.165) is 0 Å². The lowest BCUT2D eigenvalue weighted by atomic mass is 9.97. The summed E-state index contributed by atoms with van der Waals surface area (Å²) in [6, 6.07) is -1.05. The lowest BCUT2D eigenvalue weighted by molar-refractivity contribution is -0.209. The third kappa shape index (κ3) is 9.60. The first-order valence-corrected chi connectivity index (χ1v) is 15.1. The third-order valence-electron chi connectivity index (χ3n) is 6.30. The van der Waals surface area contributed by atoms with Crippen LogP contribution in [0.5, 0.6) is 0 Å². The van der Waals surface area contributed by atoms with E-state index < -0.39 is 90.8 Å². The van der Waals surface area contributed by atoms with Gasteiger partial charge in [0.05, 0.1) is 25.7 Å².